The number of amides is 1. The van der Waals surface area contributed by atoms with Crippen molar-refractivity contribution in [2.24, 2.45) is 0 Å². The number of benzene rings is 1. The maximum atomic E-state index is 11.8. The standard InChI is InChI=1S/C14H16N4O2/c1-3-8-15-9-13(19)16-12-7-5-4-6-11(12)14-18-17-10(2)20-14/h3-7,15H,1,8-9H2,2H3,(H,16,19). The third-order valence-corrected chi connectivity index (χ3v) is 2.53. The normalized spacial score (nSPS) is 10.2. The maximum absolute atomic E-state index is 11.8. The van der Waals surface area contributed by atoms with Crippen LogP contribution < -0.4 is 10.6 Å². The fourth-order valence-electron chi connectivity index (χ4n) is 1.67. The van der Waals surface area contributed by atoms with Crippen molar-refractivity contribution in [1.29, 1.82) is 0 Å². The smallest absolute Gasteiger partial charge is 0.249 e. The highest BCUT2D eigenvalue weighted by Gasteiger charge is 2.12. The van der Waals surface area contributed by atoms with E-state index in [-0.39, 0.29) is 12.5 Å². The van der Waals surface area contributed by atoms with Crippen molar-refractivity contribution in [2.75, 3.05) is 18.4 Å². The van der Waals surface area contributed by atoms with Gasteiger partial charge < -0.3 is 15.1 Å². The van der Waals surface area contributed by atoms with Gasteiger partial charge in [0, 0.05) is 13.5 Å². The lowest BCUT2D eigenvalue weighted by Gasteiger charge is -2.08. The first-order valence-corrected chi connectivity index (χ1v) is 6.21. The SMILES string of the molecule is C=CCNCC(=O)Nc1ccccc1-c1nnc(C)o1. The summed E-state index contributed by atoms with van der Waals surface area (Å²) in [7, 11) is 0. The number of carbonyl (C=O) groups excluding carboxylic acids is 1. The number of carbonyl (C=O) groups is 1. The van der Waals surface area contributed by atoms with Gasteiger partial charge in [0.2, 0.25) is 17.7 Å². The van der Waals surface area contributed by atoms with E-state index in [1.807, 2.05) is 18.2 Å². The monoisotopic (exact) mass is 272 g/mol. The summed E-state index contributed by atoms with van der Waals surface area (Å²) in [6.45, 7) is 6.09. The molecule has 1 heterocycles. The van der Waals surface area contributed by atoms with E-state index in [4.69, 9.17) is 4.42 Å². The zero-order valence-electron chi connectivity index (χ0n) is 11.2. The molecule has 0 atom stereocenters. The van der Waals surface area contributed by atoms with Crippen LogP contribution in [0, 0.1) is 6.92 Å². The molecule has 6 nitrogen and oxygen atoms in total. The summed E-state index contributed by atoms with van der Waals surface area (Å²) in [6.07, 6.45) is 1.70. The zero-order chi connectivity index (χ0) is 14.4. The summed E-state index contributed by atoms with van der Waals surface area (Å²) >= 11 is 0. The van der Waals surface area contributed by atoms with Crippen LogP contribution in [0.25, 0.3) is 11.5 Å². The maximum Gasteiger partial charge on any atom is 0.249 e. The highest BCUT2D eigenvalue weighted by atomic mass is 16.4. The molecule has 2 aromatic rings. The van der Waals surface area contributed by atoms with Crippen LogP contribution in [-0.4, -0.2) is 29.2 Å². The molecule has 1 aromatic heterocycles. The lowest BCUT2D eigenvalue weighted by atomic mass is 10.1. The van der Waals surface area contributed by atoms with Gasteiger partial charge in [0.05, 0.1) is 17.8 Å². The lowest BCUT2D eigenvalue weighted by Crippen LogP contribution is -2.28. The van der Waals surface area contributed by atoms with Crippen molar-refractivity contribution in [2.45, 2.75) is 6.92 Å². The first-order chi connectivity index (χ1) is 9.70. The Morgan fingerprint density at radius 3 is 2.90 bits per heavy atom. The van der Waals surface area contributed by atoms with E-state index in [9.17, 15) is 4.79 Å². The number of hydrogen-bond donors (Lipinski definition) is 2. The van der Waals surface area contributed by atoms with Gasteiger partial charge in [-0.25, -0.2) is 0 Å². The predicted octanol–water partition coefficient (Wildman–Crippen LogP) is 1.76. The Kier molecular flexibility index (Phi) is 4.62. The molecule has 0 aliphatic rings. The molecular formula is C14H16N4O2. The predicted molar refractivity (Wildman–Crippen MR) is 76.2 cm³/mol. The molecule has 0 unspecified atom stereocenters. The Hall–Kier alpha value is -2.47. The number of rotatable bonds is 6. The molecule has 0 bridgehead atoms. The average Bonchev–Trinajstić information content (AvgIpc) is 2.86. The Bertz CT molecular complexity index is 607. The summed E-state index contributed by atoms with van der Waals surface area (Å²) < 4.78 is 5.39. The van der Waals surface area contributed by atoms with Crippen molar-refractivity contribution < 1.29 is 9.21 Å². The number of aromatic nitrogens is 2. The first-order valence-electron chi connectivity index (χ1n) is 6.21. The topological polar surface area (TPSA) is 80.0 Å². The molecule has 6 heteroatoms. The van der Waals surface area contributed by atoms with Crippen molar-refractivity contribution in [1.82, 2.24) is 15.5 Å². The third-order valence-electron chi connectivity index (χ3n) is 2.53. The fraction of sp³-hybridized carbons (Fsp3) is 0.214. The van der Waals surface area contributed by atoms with E-state index in [2.05, 4.69) is 27.4 Å². The van der Waals surface area contributed by atoms with Crippen LogP contribution in [0.4, 0.5) is 5.69 Å². The summed E-state index contributed by atoms with van der Waals surface area (Å²) in [6, 6.07) is 7.29. The van der Waals surface area contributed by atoms with Gasteiger partial charge in [0.25, 0.3) is 0 Å². The molecule has 0 aliphatic heterocycles. The third kappa shape index (κ3) is 3.52. The largest absolute Gasteiger partial charge is 0.421 e. The van der Waals surface area contributed by atoms with Gasteiger partial charge >= 0.3 is 0 Å². The van der Waals surface area contributed by atoms with E-state index < -0.39 is 0 Å². The summed E-state index contributed by atoms with van der Waals surface area (Å²) in [5, 5.41) is 13.5. The van der Waals surface area contributed by atoms with Crippen molar-refractivity contribution in [3.63, 3.8) is 0 Å². The first kappa shape index (κ1) is 14.0. The molecule has 1 amide bonds. The Balaban J connectivity index is 2.12. The second kappa shape index (κ2) is 6.63. The Labute approximate surface area is 116 Å². The minimum atomic E-state index is -0.143. The number of para-hydroxylation sites is 1. The van der Waals surface area contributed by atoms with Crippen LogP contribution in [-0.2, 0) is 4.79 Å². The average molecular weight is 272 g/mol. The van der Waals surface area contributed by atoms with Gasteiger partial charge in [-0.2, -0.15) is 0 Å². The van der Waals surface area contributed by atoms with Gasteiger partial charge in [0.1, 0.15) is 0 Å². The molecule has 0 aliphatic carbocycles. The summed E-state index contributed by atoms with van der Waals surface area (Å²) in [5.74, 6) is 0.724. The number of aryl methyl sites for hydroxylation is 1. The molecule has 0 spiro atoms. The summed E-state index contributed by atoms with van der Waals surface area (Å²) in [4.78, 5) is 11.8. The van der Waals surface area contributed by atoms with Crippen LogP contribution in [0.15, 0.2) is 41.3 Å². The van der Waals surface area contributed by atoms with E-state index >= 15 is 0 Å². The molecule has 20 heavy (non-hydrogen) atoms. The van der Waals surface area contributed by atoms with Crippen molar-refractivity contribution >= 4 is 11.6 Å². The number of nitrogens with one attached hydrogen (secondary N) is 2. The van der Waals surface area contributed by atoms with E-state index in [0.29, 0.717) is 29.6 Å². The van der Waals surface area contributed by atoms with E-state index in [0.717, 1.165) is 0 Å². The molecule has 104 valence electrons. The minimum Gasteiger partial charge on any atom is -0.421 e. The van der Waals surface area contributed by atoms with Gasteiger partial charge in [-0.15, -0.1) is 16.8 Å². The molecule has 0 radical (unpaired) electrons. The highest BCUT2D eigenvalue weighted by Crippen LogP contribution is 2.26. The number of hydrogen-bond acceptors (Lipinski definition) is 5. The van der Waals surface area contributed by atoms with Crippen LogP contribution >= 0.6 is 0 Å². The highest BCUT2D eigenvalue weighted by molar-refractivity contribution is 5.95. The molecule has 1 aromatic carbocycles. The quantitative estimate of drug-likeness (QED) is 0.618. The van der Waals surface area contributed by atoms with Crippen LogP contribution in [0.1, 0.15) is 5.89 Å². The van der Waals surface area contributed by atoms with E-state index in [1.165, 1.54) is 0 Å². The Morgan fingerprint density at radius 1 is 1.40 bits per heavy atom. The second-order valence-corrected chi connectivity index (χ2v) is 4.14. The molecular weight excluding hydrogens is 256 g/mol. The van der Waals surface area contributed by atoms with Crippen LogP contribution in [0.3, 0.4) is 0 Å². The fourth-order valence-corrected chi connectivity index (χ4v) is 1.67. The van der Waals surface area contributed by atoms with E-state index in [1.54, 1.807) is 19.1 Å². The number of anilines is 1. The van der Waals surface area contributed by atoms with Crippen molar-refractivity contribution in [3.8, 4) is 11.5 Å². The van der Waals surface area contributed by atoms with Gasteiger partial charge in [-0.1, -0.05) is 18.2 Å². The van der Waals surface area contributed by atoms with Crippen molar-refractivity contribution in [3.05, 3.63) is 42.8 Å². The molecule has 0 saturated carbocycles. The van der Waals surface area contributed by atoms with Crippen LogP contribution in [0.2, 0.25) is 0 Å². The minimum absolute atomic E-state index is 0.143. The van der Waals surface area contributed by atoms with Gasteiger partial charge in [-0.05, 0) is 12.1 Å². The molecule has 0 saturated heterocycles. The second-order valence-electron chi connectivity index (χ2n) is 4.14. The summed E-state index contributed by atoms with van der Waals surface area (Å²) in [5.41, 5.74) is 1.34. The molecule has 2 N–H and O–H groups in total. The molecule has 0 fully saturated rings. The number of nitrogens with zero attached hydrogens (tertiary/aromatic N) is 2. The van der Waals surface area contributed by atoms with Crippen LogP contribution in [0.5, 0.6) is 0 Å². The zero-order valence-corrected chi connectivity index (χ0v) is 11.2. The Morgan fingerprint density at radius 2 is 2.20 bits per heavy atom. The van der Waals surface area contributed by atoms with Gasteiger partial charge in [0.15, 0.2) is 0 Å². The lowest BCUT2D eigenvalue weighted by molar-refractivity contribution is -0.115. The molecule has 2 rings (SSSR count). The van der Waals surface area contributed by atoms with Gasteiger partial charge in [-0.3, -0.25) is 4.79 Å².